The molecule has 0 N–H and O–H groups in total. The van der Waals surface area contributed by atoms with Crippen molar-refractivity contribution in [3.63, 3.8) is 0 Å². The van der Waals surface area contributed by atoms with Gasteiger partial charge in [0.25, 0.3) is 0 Å². The zero-order chi connectivity index (χ0) is 23.3. The highest BCUT2D eigenvalue weighted by atomic mass is 32.2. The third kappa shape index (κ3) is 5.73. The van der Waals surface area contributed by atoms with Crippen LogP contribution in [0.1, 0.15) is 5.56 Å². The van der Waals surface area contributed by atoms with Crippen LogP contribution in [-0.2, 0) is 26.1 Å². The second-order valence-corrected chi connectivity index (χ2v) is 10.4. The van der Waals surface area contributed by atoms with Crippen LogP contribution in [0, 0.1) is 0 Å². The fraction of sp³-hybridized carbons (Fsp3) is 0.458. The zero-order valence-electron chi connectivity index (χ0n) is 19.1. The number of rotatable bonds is 7. The number of carbonyl (C=O) groups is 1. The molecule has 2 fully saturated rings. The Morgan fingerprint density at radius 1 is 0.909 bits per heavy atom. The Hall–Kier alpha value is -2.46. The van der Waals surface area contributed by atoms with Crippen molar-refractivity contribution >= 4 is 21.6 Å². The Bertz CT molecular complexity index is 1030. The first-order valence-electron chi connectivity index (χ1n) is 11.4. The van der Waals surface area contributed by atoms with Crippen molar-refractivity contribution in [1.82, 2.24) is 14.1 Å². The lowest BCUT2D eigenvalue weighted by molar-refractivity contribution is -0.133. The van der Waals surface area contributed by atoms with Gasteiger partial charge in [0.15, 0.2) is 0 Å². The third-order valence-electron chi connectivity index (χ3n) is 6.16. The topological polar surface area (TPSA) is 73.4 Å². The van der Waals surface area contributed by atoms with Crippen molar-refractivity contribution in [3.8, 4) is 0 Å². The summed E-state index contributed by atoms with van der Waals surface area (Å²) >= 11 is 0. The Labute approximate surface area is 196 Å². The van der Waals surface area contributed by atoms with Gasteiger partial charge < -0.3 is 14.5 Å². The number of benzene rings is 2. The molecule has 2 aromatic rings. The van der Waals surface area contributed by atoms with Crippen LogP contribution in [0.2, 0.25) is 0 Å². The highest BCUT2D eigenvalue weighted by Crippen LogP contribution is 2.23. The second kappa shape index (κ2) is 10.6. The molecule has 0 saturated carbocycles. The summed E-state index contributed by atoms with van der Waals surface area (Å²) < 4.78 is 32.6. The van der Waals surface area contributed by atoms with Crippen LogP contribution < -0.4 is 4.90 Å². The molecule has 0 unspecified atom stereocenters. The lowest BCUT2D eigenvalue weighted by atomic mass is 10.1. The molecule has 0 bridgehead atoms. The van der Waals surface area contributed by atoms with E-state index in [4.69, 9.17) is 4.74 Å². The van der Waals surface area contributed by atoms with E-state index in [0.29, 0.717) is 44.2 Å². The van der Waals surface area contributed by atoms with Gasteiger partial charge in [-0.1, -0.05) is 36.4 Å². The molecule has 9 heteroatoms. The van der Waals surface area contributed by atoms with Crippen LogP contribution in [0.25, 0.3) is 0 Å². The molecule has 0 spiro atoms. The fourth-order valence-corrected chi connectivity index (χ4v) is 5.80. The quantitative estimate of drug-likeness (QED) is 0.608. The van der Waals surface area contributed by atoms with Gasteiger partial charge in [-0.2, -0.15) is 4.31 Å². The highest BCUT2D eigenvalue weighted by Gasteiger charge is 2.30. The van der Waals surface area contributed by atoms with E-state index in [1.54, 1.807) is 35.2 Å². The summed E-state index contributed by atoms with van der Waals surface area (Å²) in [5.41, 5.74) is 2.38. The molecule has 2 aliphatic heterocycles. The van der Waals surface area contributed by atoms with E-state index in [1.807, 2.05) is 24.1 Å². The van der Waals surface area contributed by atoms with Gasteiger partial charge in [0, 0.05) is 51.5 Å². The Morgan fingerprint density at radius 2 is 1.55 bits per heavy atom. The van der Waals surface area contributed by atoms with Crippen LogP contribution in [0.5, 0.6) is 0 Å². The molecular weight excluding hydrogens is 440 g/mol. The number of morpholine rings is 1. The fourth-order valence-electron chi connectivity index (χ4n) is 4.35. The number of carbonyl (C=O) groups excluding carboxylic acids is 1. The summed E-state index contributed by atoms with van der Waals surface area (Å²) in [5, 5.41) is 0. The highest BCUT2D eigenvalue weighted by molar-refractivity contribution is 7.89. The second-order valence-electron chi connectivity index (χ2n) is 8.50. The molecule has 0 atom stereocenters. The van der Waals surface area contributed by atoms with Crippen molar-refractivity contribution in [3.05, 3.63) is 60.2 Å². The van der Waals surface area contributed by atoms with Crippen LogP contribution in [-0.4, -0.2) is 94.5 Å². The van der Waals surface area contributed by atoms with Crippen LogP contribution in [0.15, 0.2) is 59.5 Å². The number of likely N-dealkylation sites (N-methyl/N-ethyl adjacent to an activating group) is 1. The first kappa shape index (κ1) is 23.7. The minimum Gasteiger partial charge on any atom is -0.378 e. The van der Waals surface area contributed by atoms with Crippen LogP contribution >= 0.6 is 0 Å². The maximum absolute atomic E-state index is 12.9. The average Bonchev–Trinajstić information content (AvgIpc) is 2.85. The first-order chi connectivity index (χ1) is 15.9. The Kier molecular flexibility index (Phi) is 7.64. The summed E-state index contributed by atoms with van der Waals surface area (Å²) in [6, 6.07) is 16.8. The van der Waals surface area contributed by atoms with E-state index in [1.165, 1.54) is 15.6 Å². The van der Waals surface area contributed by atoms with Gasteiger partial charge in [-0.3, -0.25) is 9.69 Å². The lowest BCUT2D eigenvalue weighted by Crippen LogP contribution is -2.52. The maximum atomic E-state index is 12.9. The molecule has 0 aromatic heterocycles. The number of sulfonamides is 1. The molecule has 0 aliphatic carbocycles. The van der Waals surface area contributed by atoms with Gasteiger partial charge in [-0.15, -0.1) is 0 Å². The molecule has 2 saturated heterocycles. The molecule has 178 valence electrons. The normalized spacial score (nSPS) is 18.0. The molecule has 2 aromatic carbocycles. The minimum absolute atomic E-state index is 0.0260. The summed E-state index contributed by atoms with van der Waals surface area (Å²) in [5.74, 6) is 0.0260. The lowest BCUT2D eigenvalue weighted by Gasteiger charge is -2.35. The van der Waals surface area contributed by atoms with Crippen LogP contribution in [0.3, 0.4) is 0 Å². The minimum atomic E-state index is -3.52. The van der Waals surface area contributed by atoms with Gasteiger partial charge in [-0.25, -0.2) is 8.42 Å². The first-order valence-corrected chi connectivity index (χ1v) is 12.8. The predicted molar refractivity (Wildman–Crippen MR) is 128 cm³/mol. The number of hydrogen-bond acceptors (Lipinski definition) is 6. The molecule has 33 heavy (non-hydrogen) atoms. The summed E-state index contributed by atoms with van der Waals surface area (Å²) in [7, 11) is -1.57. The van der Waals surface area contributed by atoms with Crippen molar-refractivity contribution in [2.45, 2.75) is 11.4 Å². The molecule has 4 rings (SSSR count). The smallest absolute Gasteiger partial charge is 0.243 e. The Balaban J connectivity index is 1.31. The van der Waals surface area contributed by atoms with E-state index in [2.05, 4.69) is 17.0 Å². The van der Waals surface area contributed by atoms with Gasteiger partial charge in [0.2, 0.25) is 15.9 Å². The predicted octanol–water partition coefficient (Wildman–Crippen LogP) is 1.49. The zero-order valence-corrected chi connectivity index (χ0v) is 19.9. The van der Waals surface area contributed by atoms with E-state index in [0.717, 1.165) is 26.3 Å². The SMILES string of the molecule is CN(CC(=O)N1CCN(S(=O)(=O)c2ccccc2)CC1)Cc1ccccc1N1CCOCC1. The number of ether oxygens (including phenoxy) is 1. The number of piperazine rings is 1. The summed E-state index contributed by atoms with van der Waals surface area (Å²) in [6.45, 7) is 5.60. The standard InChI is InChI=1S/C24H32N4O4S/c1-25(19-21-7-5-6-10-23(21)26-15-17-32-18-16-26)20-24(29)27-11-13-28(14-12-27)33(30,31)22-8-3-2-4-9-22/h2-10H,11-20H2,1H3. The van der Waals surface area contributed by atoms with E-state index in [-0.39, 0.29) is 5.91 Å². The van der Waals surface area contributed by atoms with Crippen LogP contribution in [0.4, 0.5) is 5.69 Å². The number of hydrogen-bond donors (Lipinski definition) is 0. The molecule has 2 heterocycles. The molecule has 8 nitrogen and oxygen atoms in total. The number of nitrogens with zero attached hydrogens (tertiary/aromatic N) is 4. The largest absolute Gasteiger partial charge is 0.378 e. The molecular formula is C24H32N4O4S. The van der Waals surface area contributed by atoms with Crippen molar-refractivity contribution in [2.75, 3.05) is 71.0 Å². The van der Waals surface area contributed by atoms with Crippen molar-refractivity contribution in [2.24, 2.45) is 0 Å². The van der Waals surface area contributed by atoms with E-state index in [9.17, 15) is 13.2 Å². The average molecular weight is 473 g/mol. The number of anilines is 1. The third-order valence-corrected chi connectivity index (χ3v) is 8.07. The number of para-hydroxylation sites is 1. The molecule has 2 aliphatic rings. The maximum Gasteiger partial charge on any atom is 0.243 e. The summed E-state index contributed by atoms with van der Waals surface area (Å²) in [4.78, 5) is 19.3. The van der Waals surface area contributed by atoms with Gasteiger partial charge in [-0.05, 0) is 30.8 Å². The Morgan fingerprint density at radius 3 is 2.24 bits per heavy atom. The monoisotopic (exact) mass is 472 g/mol. The van der Waals surface area contributed by atoms with Gasteiger partial charge >= 0.3 is 0 Å². The van der Waals surface area contributed by atoms with E-state index >= 15 is 0 Å². The summed E-state index contributed by atoms with van der Waals surface area (Å²) in [6.07, 6.45) is 0. The van der Waals surface area contributed by atoms with Crippen molar-refractivity contribution < 1.29 is 17.9 Å². The van der Waals surface area contributed by atoms with Gasteiger partial charge in [0.05, 0.1) is 24.7 Å². The number of amides is 1. The molecule has 0 radical (unpaired) electrons. The van der Waals surface area contributed by atoms with Gasteiger partial charge in [0.1, 0.15) is 0 Å². The van der Waals surface area contributed by atoms with Crippen molar-refractivity contribution in [1.29, 1.82) is 0 Å². The van der Waals surface area contributed by atoms with E-state index < -0.39 is 10.0 Å². The molecule has 1 amide bonds.